The number of likely N-dealkylation sites (tertiary alicyclic amines) is 1. The maximum absolute atomic E-state index is 11.7. The van der Waals surface area contributed by atoms with Gasteiger partial charge < -0.3 is 11.1 Å². The van der Waals surface area contributed by atoms with Crippen LogP contribution >= 0.6 is 0 Å². The molecule has 4 nitrogen and oxygen atoms in total. The van der Waals surface area contributed by atoms with E-state index >= 15 is 0 Å². The zero-order chi connectivity index (χ0) is 13.7. The second-order valence-corrected chi connectivity index (χ2v) is 5.21. The Hall–Kier alpha value is -1.39. The second kappa shape index (κ2) is 6.68. The van der Waals surface area contributed by atoms with Crippen LogP contribution in [0, 0.1) is 5.92 Å². The smallest absolute Gasteiger partial charge is 0.224 e. The summed E-state index contributed by atoms with van der Waals surface area (Å²) in [5.74, 6) is 0.303. The fourth-order valence-electron chi connectivity index (χ4n) is 2.73. The van der Waals surface area contributed by atoms with Crippen molar-refractivity contribution in [2.45, 2.75) is 25.9 Å². The van der Waals surface area contributed by atoms with Gasteiger partial charge >= 0.3 is 0 Å². The maximum atomic E-state index is 11.7. The lowest BCUT2D eigenvalue weighted by Gasteiger charge is -2.31. The summed E-state index contributed by atoms with van der Waals surface area (Å²) in [5, 5.41) is 2.76. The molecule has 0 aromatic heterocycles. The number of benzene rings is 1. The first-order valence-corrected chi connectivity index (χ1v) is 6.94. The Balaban J connectivity index is 1.96. The lowest BCUT2D eigenvalue weighted by Crippen LogP contribution is -2.41. The molecule has 0 bridgehead atoms. The highest BCUT2D eigenvalue weighted by Crippen LogP contribution is 2.19. The number of carbonyl (C=O) groups excluding carboxylic acids is 1. The number of carbonyl (C=O) groups is 1. The van der Waals surface area contributed by atoms with E-state index in [0.717, 1.165) is 38.0 Å². The molecule has 1 aliphatic rings. The van der Waals surface area contributed by atoms with Gasteiger partial charge in [0.1, 0.15) is 0 Å². The minimum atomic E-state index is 0.136. The molecule has 0 spiro atoms. The number of nitrogens with two attached hydrogens (primary N) is 1. The number of rotatable bonds is 4. The van der Waals surface area contributed by atoms with Crippen LogP contribution in [0.5, 0.6) is 0 Å². The molecule has 19 heavy (non-hydrogen) atoms. The molecular formula is C15H23N3O. The average molecular weight is 261 g/mol. The molecular weight excluding hydrogens is 238 g/mol. The van der Waals surface area contributed by atoms with Crippen LogP contribution in [0.3, 0.4) is 0 Å². The number of piperidine rings is 1. The molecule has 3 N–H and O–H groups in total. The normalized spacial score (nSPS) is 20.2. The van der Waals surface area contributed by atoms with Gasteiger partial charge in [-0.15, -0.1) is 0 Å². The van der Waals surface area contributed by atoms with Gasteiger partial charge in [-0.1, -0.05) is 24.3 Å². The molecule has 0 saturated carbocycles. The molecule has 1 saturated heterocycles. The average Bonchev–Trinajstić information content (AvgIpc) is 2.47. The van der Waals surface area contributed by atoms with Crippen LogP contribution in [-0.2, 0) is 17.9 Å². The molecule has 1 aromatic rings. The van der Waals surface area contributed by atoms with Gasteiger partial charge in [0.25, 0.3) is 0 Å². The lowest BCUT2D eigenvalue weighted by molar-refractivity contribution is -0.126. The standard InChI is InChI=1S/C15H23N3O/c1-17-15(19)14-6-3-7-18(11-14)10-13-5-2-4-12(8-13)9-16/h2,4-5,8,14H,3,6-7,9-11,16H2,1H3,(H,17,19). The Labute approximate surface area is 115 Å². The highest BCUT2D eigenvalue weighted by atomic mass is 16.1. The Morgan fingerprint density at radius 3 is 3.00 bits per heavy atom. The third kappa shape index (κ3) is 3.78. The molecule has 1 unspecified atom stereocenters. The van der Waals surface area contributed by atoms with Crippen molar-refractivity contribution in [1.29, 1.82) is 0 Å². The fraction of sp³-hybridized carbons (Fsp3) is 0.533. The van der Waals surface area contributed by atoms with Crippen LogP contribution in [0.2, 0.25) is 0 Å². The van der Waals surface area contributed by atoms with E-state index in [1.807, 2.05) is 6.07 Å². The monoisotopic (exact) mass is 261 g/mol. The number of hydrogen-bond donors (Lipinski definition) is 2. The summed E-state index contributed by atoms with van der Waals surface area (Å²) in [4.78, 5) is 14.1. The van der Waals surface area contributed by atoms with Crippen molar-refractivity contribution >= 4 is 5.91 Å². The molecule has 1 amide bonds. The van der Waals surface area contributed by atoms with Crippen LogP contribution in [0.25, 0.3) is 0 Å². The first-order chi connectivity index (χ1) is 9.22. The van der Waals surface area contributed by atoms with Crippen molar-refractivity contribution in [1.82, 2.24) is 10.2 Å². The summed E-state index contributed by atoms with van der Waals surface area (Å²) in [6.45, 7) is 3.41. The van der Waals surface area contributed by atoms with Crippen molar-refractivity contribution in [2.24, 2.45) is 11.7 Å². The van der Waals surface area contributed by atoms with Gasteiger partial charge in [-0.05, 0) is 30.5 Å². The SMILES string of the molecule is CNC(=O)C1CCCN(Cc2cccc(CN)c2)C1. The quantitative estimate of drug-likeness (QED) is 0.853. The number of nitrogens with zero attached hydrogens (tertiary/aromatic N) is 1. The molecule has 1 heterocycles. The molecule has 0 aliphatic carbocycles. The predicted molar refractivity (Wildman–Crippen MR) is 76.4 cm³/mol. The number of hydrogen-bond acceptors (Lipinski definition) is 3. The topological polar surface area (TPSA) is 58.4 Å². The van der Waals surface area contributed by atoms with Gasteiger partial charge in [0, 0.05) is 26.7 Å². The van der Waals surface area contributed by atoms with Gasteiger partial charge in [0.05, 0.1) is 5.92 Å². The van der Waals surface area contributed by atoms with E-state index in [2.05, 4.69) is 28.4 Å². The molecule has 1 aromatic carbocycles. The van der Waals surface area contributed by atoms with Gasteiger partial charge in [0.15, 0.2) is 0 Å². The predicted octanol–water partition coefficient (Wildman–Crippen LogP) is 1.10. The molecule has 104 valence electrons. The van der Waals surface area contributed by atoms with Crippen molar-refractivity contribution < 1.29 is 4.79 Å². The molecule has 1 atom stereocenters. The van der Waals surface area contributed by atoms with E-state index < -0.39 is 0 Å². The Morgan fingerprint density at radius 1 is 1.47 bits per heavy atom. The van der Waals surface area contributed by atoms with E-state index in [1.165, 1.54) is 5.56 Å². The van der Waals surface area contributed by atoms with Crippen molar-refractivity contribution in [2.75, 3.05) is 20.1 Å². The minimum Gasteiger partial charge on any atom is -0.359 e. The molecule has 0 radical (unpaired) electrons. The lowest BCUT2D eigenvalue weighted by atomic mass is 9.96. The number of nitrogens with one attached hydrogen (secondary N) is 1. The highest BCUT2D eigenvalue weighted by Gasteiger charge is 2.24. The van der Waals surface area contributed by atoms with E-state index in [9.17, 15) is 4.79 Å². The summed E-state index contributed by atoms with van der Waals surface area (Å²) < 4.78 is 0. The van der Waals surface area contributed by atoms with E-state index in [0.29, 0.717) is 6.54 Å². The number of amides is 1. The van der Waals surface area contributed by atoms with Gasteiger partial charge in [-0.25, -0.2) is 0 Å². The second-order valence-electron chi connectivity index (χ2n) is 5.21. The summed E-state index contributed by atoms with van der Waals surface area (Å²) in [7, 11) is 1.71. The highest BCUT2D eigenvalue weighted by molar-refractivity contribution is 5.78. The summed E-state index contributed by atoms with van der Waals surface area (Å²) in [6, 6.07) is 8.39. The zero-order valence-electron chi connectivity index (χ0n) is 11.6. The summed E-state index contributed by atoms with van der Waals surface area (Å²) >= 11 is 0. The van der Waals surface area contributed by atoms with Crippen LogP contribution in [0.1, 0.15) is 24.0 Å². The molecule has 4 heteroatoms. The van der Waals surface area contributed by atoms with Crippen LogP contribution in [0.15, 0.2) is 24.3 Å². The molecule has 1 fully saturated rings. The first kappa shape index (κ1) is 14.0. The third-order valence-corrected chi connectivity index (χ3v) is 3.76. The Bertz CT molecular complexity index is 433. The van der Waals surface area contributed by atoms with Crippen LogP contribution in [0.4, 0.5) is 0 Å². The Morgan fingerprint density at radius 2 is 2.26 bits per heavy atom. The van der Waals surface area contributed by atoms with Crippen LogP contribution < -0.4 is 11.1 Å². The first-order valence-electron chi connectivity index (χ1n) is 6.94. The molecule has 2 rings (SSSR count). The largest absolute Gasteiger partial charge is 0.359 e. The maximum Gasteiger partial charge on any atom is 0.224 e. The van der Waals surface area contributed by atoms with Crippen molar-refractivity contribution in [3.05, 3.63) is 35.4 Å². The van der Waals surface area contributed by atoms with Gasteiger partial charge in [-0.3, -0.25) is 9.69 Å². The summed E-state index contributed by atoms with van der Waals surface area (Å²) in [6.07, 6.45) is 2.09. The van der Waals surface area contributed by atoms with E-state index in [1.54, 1.807) is 7.05 Å². The van der Waals surface area contributed by atoms with Gasteiger partial charge in [-0.2, -0.15) is 0 Å². The minimum absolute atomic E-state index is 0.136. The Kier molecular flexibility index (Phi) is 4.93. The third-order valence-electron chi connectivity index (χ3n) is 3.76. The van der Waals surface area contributed by atoms with Crippen molar-refractivity contribution in [3.63, 3.8) is 0 Å². The zero-order valence-corrected chi connectivity index (χ0v) is 11.6. The summed E-state index contributed by atoms with van der Waals surface area (Å²) in [5.41, 5.74) is 8.11. The van der Waals surface area contributed by atoms with E-state index in [4.69, 9.17) is 5.73 Å². The van der Waals surface area contributed by atoms with Crippen molar-refractivity contribution in [3.8, 4) is 0 Å². The van der Waals surface area contributed by atoms with Crippen LogP contribution in [-0.4, -0.2) is 30.9 Å². The van der Waals surface area contributed by atoms with E-state index in [-0.39, 0.29) is 11.8 Å². The fourth-order valence-corrected chi connectivity index (χ4v) is 2.73. The molecule has 1 aliphatic heterocycles. The van der Waals surface area contributed by atoms with Gasteiger partial charge in [0.2, 0.25) is 5.91 Å².